The third kappa shape index (κ3) is 3.70. The van der Waals surface area contributed by atoms with Crippen LogP contribution >= 0.6 is 0 Å². The lowest BCUT2D eigenvalue weighted by Gasteiger charge is -2.18. The molecule has 20 heavy (non-hydrogen) atoms. The summed E-state index contributed by atoms with van der Waals surface area (Å²) < 4.78 is 0. The van der Waals surface area contributed by atoms with Crippen molar-refractivity contribution in [1.82, 2.24) is 9.97 Å². The number of nitrogens with one attached hydrogen (secondary N) is 1. The zero-order chi connectivity index (χ0) is 14.6. The van der Waals surface area contributed by atoms with E-state index in [2.05, 4.69) is 55.0 Å². The minimum atomic E-state index is 0.194. The molecule has 108 valence electrons. The van der Waals surface area contributed by atoms with E-state index in [1.165, 1.54) is 11.1 Å². The summed E-state index contributed by atoms with van der Waals surface area (Å²) in [5.41, 5.74) is 9.33. The molecule has 0 radical (unpaired) electrons. The maximum absolute atomic E-state index is 5.51. The van der Waals surface area contributed by atoms with Crippen molar-refractivity contribution < 1.29 is 0 Å². The van der Waals surface area contributed by atoms with Gasteiger partial charge in [-0.3, -0.25) is 0 Å². The molecule has 0 unspecified atom stereocenters. The van der Waals surface area contributed by atoms with Crippen LogP contribution in [0.5, 0.6) is 0 Å². The largest absolute Gasteiger partial charge is 0.342 e. The quantitative estimate of drug-likeness (QED) is 0.815. The third-order valence-corrected chi connectivity index (χ3v) is 3.56. The van der Waals surface area contributed by atoms with Gasteiger partial charge in [0.1, 0.15) is 5.82 Å². The molecule has 1 aromatic carbocycles. The Morgan fingerprint density at radius 2 is 1.80 bits per heavy atom. The number of hydrogen-bond donors (Lipinski definition) is 2. The van der Waals surface area contributed by atoms with Crippen molar-refractivity contribution in [1.29, 1.82) is 0 Å². The Morgan fingerprint density at radius 1 is 1.10 bits per heavy atom. The number of benzene rings is 1. The smallest absolute Gasteiger partial charge is 0.106 e. The molecular formula is C17H25N3. The number of rotatable bonds is 5. The molecule has 0 aliphatic carbocycles. The van der Waals surface area contributed by atoms with E-state index in [4.69, 9.17) is 5.73 Å². The zero-order valence-corrected chi connectivity index (χ0v) is 12.7. The first-order valence-electron chi connectivity index (χ1n) is 7.35. The minimum absolute atomic E-state index is 0.194. The van der Waals surface area contributed by atoms with Crippen LogP contribution < -0.4 is 5.73 Å². The van der Waals surface area contributed by atoms with Crippen LogP contribution in [0.1, 0.15) is 45.0 Å². The Labute approximate surface area is 121 Å². The molecule has 0 aliphatic heterocycles. The van der Waals surface area contributed by atoms with Crippen LogP contribution in [-0.2, 0) is 11.8 Å². The summed E-state index contributed by atoms with van der Waals surface area (Å²) >= 11 is 0. The van der Waals surface area contributed by atoms with E-state index in [0.29, 0.717) is 0 Å². The first-order valence-corrected chi connectivity index (χ1v) is 7.35. The van der Waals surface area contributed by atoms with Crippen molar-refractivity contribution in [2.75, 3.05) is 6.54 Å². The topological polar surface area (TPSA) is 54.7 Å². The Morgan fingerprint density at radius 3 is 2.40 bits per heavy atom. The molecule has 2 aromatic rings. The fourth-order valence-corrected chi connectivity index (χ4v) is 2.22. The van der Waals surface area contributed by atoms with Crippen molar-refractivity contribution >= 4 is 0 Å². The van der Waals surface area contributed by atoms with Crippen LogP contribution in [0.15, 0.2) is 30.5 Å². The van der Waals surface area contributed by atoms with Gasteiger partial charge in [0.15, 0.2) is 0 Å². The lowest BCUT2D eigenvalue weighted by Crippen LogP contribution is -2.10. The minimum Gasteiger partial charge on any atom is -0.342 e. The van der Waals surface area contributed by atoms with E-state index >= 15 is 0 Å². The predicted molar refractivity (Wildman–Crippen MR) is 84.7 cm³/mol. The Balaban J connectivity index is 2.08. The Hall–Kier alpha value is -1.61. The summed E-state index contributed by atoms with van der Waals surface area (Å²) in [5, 5.41) is 0. The molecule has 3 nitrogen and oxygen atoms in total. The second-order valence-electron chi connectivity index (χ2n) is 6.32. The predicted octanol–water partition coefficient (Wildman–Crippen LogP) is 3.66. The first-order chi connectivity index (χ1) is 9.50. The number of nitrogens with zero attached hydrogens (tertiary/aromatic N) is 1. The van der Waals surface area contributed by atoms with Gasteiger partial charge in [0, 0.05) is 6.42 Å². The fraction of sp³-hybridized carbons (Fsp3) is 0.471. The molecular weight excluding hydrogens is 246 g/mol. The number of imidazole rings is 1. The molecule has 2 rings (SSSR count). The highest BCUT2D eigenvalue weighted by Gasteiger charge is 2.13. The van der Waals surface area contributed by atoms with Crippen LogP contribution in [0.25, 0.3) is 11.3 Å². The van der Waals surface area contributed by atoms with E-state index in [1.54, 1.807) is 0 Å². The van der Waals surface area contributed by atoms with Crippen LogP contribution in [0.2, 0.25) is 0 Å². The summed E-state index contributed by atoms with van der Waals surface area (Å²) in [7, 11) is 0. The standard InChI is InChI=1S/C17H25N3/c1-17(2,3)14-9-7-13(8-10-14)15-12-19-16(20-15)6-4-5-11-18/h7-10,12H,4-6,11,18H2,1-3H3,(H,19,20). The Bertz CT molecular complexity index is 532. The molecule has 0 saturated carbocycles. The lowest BCUT2D eigenvalue weighted by molar-refractivity contribution is 0.590. The number of nitrogens with two attached hydrogens (primary N) is 1. The third-order valence-electron chi connectivity index (χ3n) is 3.56. The SMILES string of the molecule is CC(C)(C)c1ccc(-c2cnc(CCCCN)[nH]2)cc1. The van der Waals surface area contributed by atoms with Gasteiger partial charge in [0.05, 0.1) is 11.9 Å². The highest BCUT2D eigenvalue weighted by Crippen LogP contribution is 2.25. The summed E-state index contributed by atoms with van der Waals surface area (Å²) in [5.74, 6) is 1.05. The van der Waals surface area contributed by atoms with E-state index in [1.807, 2.05) is 6.20 Å². The van der Waals surface area contributed by atoms with Crippen molar-refractivity contribution in [3.05, 3.63) is 41.9 Å². The summed E-state index contributed by atoms with van der Waals surface area (Å²) in [6.45, 7) is 7.44. The maximum atomic E-state index is 5.51. The van der Waals surface area contributed by atoms with E-state index < -0.39 is 0 Å². The van der Waals surface area contributed by atoms with Gasteiger partial charge in [-0.15, -0.1) is 0 Å². The van der Waals surface area contributed by atoms with Crippen molar-refractivity contribution in [3.63, 3.8) is 0 Å². The van der Waals surface area contributed by atoms with E-state index in [-0.39, 0.29) is 5.41 Å². The fourth-order valence-electron chi connectivity index (χ4n) is 2.22. The van der Waals surface area contributed by atoms with Crippen molar-refractivity contribution in [2.24, 2.45) is 5.73 Å². The second-order valence-corrected chi connectivity index (χ2v) is 6.32. The highest BCUT2D eigenvalue weighted by atomic mass is 14.9. The molecule has 0 bridgehead atoms. The maximum Gasteiger partial charge on any atom is 0.106 e. The number of H-pyrrole nitrogens is 1. The number of unbranched alkanes of at least 4 members (excludes halogenated alkanes) is 1. The van der Waals surface area contributed by atoms with Gasteiger partial charge in [-0.2, -0.15) is 0 Å². The zero-order valence-electron chi connectivity index (χ0n) is 12.7. The first kappa shape index (κ1) is 14.8. The molecule has 0 amide bonds. The normalized spacial score (nSPS) is 11.8. The highest BCUT2D eigenvalue weighted by molar-refractivity contribution is 5.59. The number of aromatic nitrogens is 2. The summed E-state index contributed by atoms with van der Waals surface area (Å²) in [6, 6.07) is 8.73. The average Bonchev–Trinajstić information content (AvgIpc) is 2.87. The van der Waals surface area contributed by atoms with Gasteiger partial charge >= 0.3 is 0 Å². The number of aromatic amines is 1. The number of hydrogen-bond acceptors (Lipinski definition) is 2. The number of aryl methyl sites for hydroxylation is 1. The van der Waals surface area contributed by atoms with Gasteiger partial charge < -0.3 is 10.7 Å². The average molecular weight is 271 g/mol. The lowest BCUT2D eigenvalue weighted by atomic mass is 9.86. The van der Waals surface area contributed by atoms with Crippen LogP contribution in [0.4, 0.5) is 0 Å². The van der Waals surface area contributed by atoms with Gasteiger partial charge in [-0.1, -0.05) is 45.0 Å². The molecule has 0 atom stereocenters. The molecule has 0 saturated heterocycles. The van der Waals surface area contributed by atoms with E-state index in [9.17, 15) is 0 Å². The molecule has 3 heteroatoms. The summed E-state index contributed by atoms with van der Waals surface area (Å²) in [6.07, 6.45) is 5.03. The second kappa shape index (κ2) is 6.23. The molecule has 0 fully saturated rings. The van der Waals surface area contributed by atoms with Gasteiger partial charge in [-0.05, 0) is 35.9 Å². The molecule has 1 heterocycles. The van der Waals surface area contributed by atoms with Crippen LogP contribution in [-0.4, -0.2) is 16.5 Å². The van der Waals surface area contributed by atoms with Gasteiger partial charge in [-0.25, -0.2) is 4.98 Å². The van der Waals surface area contributed by atoms with E-state index in [0.717, 1.165) is 37.3 Å². The van der Waals surface area contributed by atoms with Gasteiger partial charge in [0.2, 0.25) is 0 Å². The van der Waals surface area contributed by atoms with Crippen LogP contribution in [0.3, 0.4) is 0 Å². The van der Waals surface area contributed by atoms with Crippen LogP contribution in [0, 0.1) is 0 Å². The Kier molecular flexibility index (Phi) is 4.61. The summed E-state index contributed by atoms with van der Waals surface area (Å²) in [4.78, 5) is 7.83. The molecule has 0 aliphatic rings. The van der Waals surface area contributed by atoms with Crippen molar-refractivity contribution in [2.45, 2.75) is 45.4 Å². The van der Waals surface area contributed by atoms with Gasteiger partial charge in [0.25, 0.3) is 0 Å². The van der Waals surface area contributed by atoms with Crippen molar-refractivity contribution in [3.8, 4) is 11.3 Å². The molecule has 3 N–H and O–H groups in total. The monoisotopic (exact) mass is 271 g/mol. The molecule has 1 aromatic heterocycles. The molecule has 0 spiro atoms.